The number of nitrogens with zero attached hydrogens (tertiary/aromatic N) is 5. The van der Waals surface area contributed by atoms with Gasteiger partial charge in [0.2, 0.25) is 17.9 Å². The van der Waals surface area contributed by atoms with Gasteiger partial charge in [-0.05, 0) is 50.1 Å². The van der Waals surface area contributed by atoms with Crippen molar-refractivity contribution < 1.29 is 8.81 Å². The van der Waals surface area contributed by atoms with Crippen molar-refractivity contribution >= 4 is 29.5 Å². The van der Waals surface area contributed by atoms with Gasteiger partial charge in [0.05, 0.1) is 6.26 Å². The van der Waals surface area contributed by atoms with Crippen molar-refractivity contribution in [3.05, 3.63) is 58.3 Å². The molecule has 0 amide bonds. The highest BCUT2D eigenvalue weighted by Gasteiger charge is 2.48. The summed E-state index contributed by atoms with van der Waals surface area (Å²) in [6.07, 6.45) is 4.06. The van der Waals surface area contributed by atoms with Gasteiger partial charge in [0.1, 0.15) is 11.6 Å². The first-order valence-electron chi connectivity index (χ1n) is 10.4. The Morgan fingerprint density at radius 3 is 2.94 bits per heavy atom. The van der Waals surface area contributed by atoms with Crippen LogP contribution >= 0.6 is 11.6 Å². The molecule has 11 heteroatoms. The van der Waals surface area contributed by atoms with E-state index in [1.54, 1.807) is 31.4 Å². The molecule has 0 aliphatic carbocycles. The number of hydrogen-bond donors (Lipinski definition) is 3. The Kier molecular flexibility index (Phi) is 5.15. The number of fused-ring (bicyclic) bond motifs is 1. The first kappa shape index (κ1) is 20.9. The van der Waals surface area contributed by atoms with Gasteiger partial charge in [-0.1, -0.05) is 17.7 Å². The number of guanidine groups is 3. The molecule has 9 nitrogen and oxygen atoms in total. The van der Waals surface area contributed by atoms with Crippen molar-refractivity contribution in [2.45, 2.75) is 44.4 Å². The van der Waals surface area contributed by atoms with E-state index < -0.39 is 5.66 Å². The van der Waals surface area contributed by atoms with Crippen molar-refractivity contribution in [1.82, 2.24) is 15.3 Å². The lowest BCUT2D eigenvalue weighted by atomic mass is 9.96. The fraction of sp³-hybridized carbons (Fsp3) is 0.381. The van der Waals surface area contributed by atoms with Crippen LogP contribution in [-0.4, -0.2) is 40.4 Å². The maximum atomic E-state index is 14.8. The molecule has 3 aliphatic heterocycles. The molecule has 1 fully saturated rings. The first-order valence-corrected chi connectivity index (χ1v) is 10.8. The molecule has 1 aromatic carbocycles. The molecular weight excluding hydrogens is 435 g/mol. The lowest BCUT2D eigenvalue weighted by Crippen LogP contribution is -2.55. The molecular formula is C21H24ClFN8O. The van der Waals surface area contributed by atoms with Crippen LogP contribution in [0.2, 0.25) is 5.02 Å². The Balaban J connectivity index is 1.45. The average molecular weight is 459 g/mol. The highest BCUT2D eigenvalue weighted by Crippen LogP contribution is 2.38. The first-order chi connectivity index (χ1) is 15.4. The quantitative estimate of drug-likeness (QED) is 0.632. The minimum absolute atomic E-state index is 0.0432. The van der Waals surface area contributed by atoms with Crippen molar-refractivity contribution in [2.75, 3.05) is 6.54 Å². The van der Waals surface area contributed by atoms with E-state index in [0.29, 0.717) is 40.8 Å². The molecule has 5 N–H and O–H groups in total. The van der Waals surface area contributed by atoms with E-state index in [2.05, 4.69) is 20.3 Å². The zero-order valence-electron chi connectivity index (χ0n) is 17.6. The van der Waals surface area contributed by atoms with E-state index in [9.17, 15) is 4.39 Å². The fourth-order valence-corrected chi connectivity index (χ4v) is 4.77. The lowest BCUT2D eigenvalue weighted by molar-refractivity contribution is 0.146. The predicted molar refractivity (Wildman–Crippen MR) is 120 cm³/mol. The van der Waals surface area contributed by atoms with E-state index in [1.807, 2.05) is 6.07 Å². The molecule has 0 saturated carbocycles. The standard InChI is InChI=1S/C21H24ClFN8O/c1-12-6-7-15(22)14(17(12)23)11-30-8-2-4-13(30)10-21(16-5-3-9-32-16)28-20-27-18(24)26-19(25)31(20)29-21/h3,5-7,9,13,29H,2,4,8,10-11H2,1H3,(H4,24,25,26,27,28). The third-order valence-corrected chi connectivity index (χ3v) is 6.51. The summed E-state index contributed by atoms with van der Waals surface area (Å²) in [6, 6.07) is 7.19. The van der Waals surface area contributed by atoms with Crippen LogP contribution in [0.4, 0.5) is 4.39 Å². The minimum atomic E-state index is -0.949. The molecule has 0 radical (unpaired) electrons. The Labute approximate surface area is 189 Å². The SMILES string of the molecule is Cc1ccc(Cl)c(CN2CCCC2CC2(c3ccco3)N=C3N=C(N)N=C(N)N3N2)c1F. The molecule has 5 rings (SSSR count). The van der Waals surface area contributed by atoms with Crippen LogP contribution in [0.25, 0.3) is 0 Å². The molecule has 2 atom stereocenters. The number of furan rings is 1. The normalized spacial score (nSPS) is 25.5. The van der Waals surface area contributed by atoms with E-state index in [1.165, 1.54) is 5.01 Å². The summed E-state index contributed by atoms with van der Waals surface area (Å²) in [4.78, 5) is 15.3. The molecule has 4 heterocycles. The van der Waals surface area contributed by atoms with Crippen LogP contribution in [0.5, 0.6) is 0 Å². The second-order valence-electron chi connectivity index (χ2n) is 8.26. The maximum Gasteiger partial charge on any atom is 0.248 e. The summed E-state index contributed by atoms with van der Waals surface area (Å²) in [5.41, 5.74) is 15.3. The van der Waals surface area contributed by atoms with Gasteiger partial charge in [-0.25, -0.2) is 14.4 Å². The zero-order valence-corrected chi connectivity index (χ0v) is 18.3. The molecule has 3 aliphatic rings. The molecule has 0 bridgehead atoms. The number of nitrogens with two attached hydrogens (primary N) is 2. The number of likely N-dealkylation sites (tertiary alicyclic amines) is 1. The highest BCUT2D eigenvalue weighted by molar-refractivity contribution is 6.31. The third kappa shape index (κ3) is 3.54. The van der Waals surface area contributed by atoms with Crippen LogP contribution in [0.3, 0.4) is 0 Å². The second-order valence-corrected chi connectivity index (χ2v) is 8.67. The Morgan fingerprint density at radius 1 is 1.31 bits per heavy atom. The minimum Gasteiger partial charge on any atom is -0.465 e. The Morgan fingerprint density at radius 2 is 2.16 bits per heavy atom. The topological polar surface area (TPSA) is 121 Å². The van der Waals surface area contributed by atoms with Gasteiger partial charge in [-0.2, -0.15) is 15.4 Å². The van der Waals surface area contributed by atoms with Crippen molar-refractivity contribution in [1.29, 1.82) is 0 Å². The van der Waals surface area contributed by atoms with Gasteiger partial charge in [0.15, 0.2) is 5.66 Å². The van der Waals surface area contributed by atoms with Gasteiger partial charge in [0, 0.05) is 29.6 Å². The predicted octanol–water partition coefficient (Wildman–Crippen LogP) is 2.41. The molecule has 1 saturated heterocycles. The van der Waals surface area contributed by atoms with E-state index in [-0.39, 0.29) is 23.8 Å². The summed E-state index contributed by atoms with van der Waals surface area (Å²) >= 11 is 6.34. The number of nitrogens with one attached hydrogen (secondary N) is 1. The van der Waals surface area contributed by atoms with Crippen LogP contribution in [0.15, 0.2) is 49.9 Å². The average Bonchev–Trinajstić information content (AvgIpc) is 3.49. The summed E-state index contributed by atoms with van der Waals surface area (Å²) < 4.78 is 20.6. The molecule has 2 unspecified atom stereocenters. The Hall–Kier alpha value is -2.95. The van der Waals surface area contributed by atoms with E-state index in [0.717, 1.165) is 19.4 Å². The largest absolute Gasteiger partial charge is 0.465 e. The molecule has 32 heavy (non-hydrogen) atoms. The Bertz CT molecular complexity index is 1130. The fourth-order valence-electron chi connectivity index (χ4n) is 4.56. The van der Waals surface area contributed by atoms with Crippen LogP contribution in [-0.2, 0) is 12.2 Å². The summed E-state index contributed by atoms with van der Waals surface area (Å²) in [6.45, 7) is 2.99. The molecule has 1 aromatic heterocycles. The smallest absolute Gasteiger partial charge is 0.248 e. The zero-order chi connectivity index (χ0) is 22.5. The van der Waals surface area contributed by atoms with Gasteiger partial charge in [0.25, 0.3) is 0 Å². The van der Waals surface area contributed by atoms with Gasteiger partial charge < -0.3 is 15.9 Å². The number of halogens is 2. The van der Waals surface area contributed by atoms with Crippen molar-refractivity contribution in [3.63, 3.8) is 0 Å². The number of aliphatic imine (C=N–C) groups is 3. The van der Waals surface area contributed by atoms with Crippen molar-refractivity contribution in [3.8, 4) is 0 Å². The number of benzene rings is 1. The van der Waals surface area contributed by atoms with E-state index in [4.69, 9.17) is 32.5 Å². The van der Waals surface area contributed by atoms with Crippen LogP contribution in [0, 0.1) is 12.7 Å². The van der Waals surface area contributed by atoms with Gasteiger partial charge in [-0.15, -0.1) is 0 Å². The number of aryl methyl sites for hydroxylation is 1. The third-order valence-electron chi connectivity index (χ3n) is 6.16. The van der Waals surface area contributed by atoms with Crippen molar-refractivity contribution in [2.24, 2.45) is 26.4 Å². The monoisotopic (exact) mass is 458 g/mol. The summed E-state index contributed by atoms with van der Waals surface area (Å²) in [5, 5.41) is 1.94. The summed E-state index contributed by atoms with van der Waals surface area (Å²) in [7, 11) is 0. The van der Waals surface area contributed by atoms with Crippen LogP contribution in [0.1, 0.15) is 36.1 Å². The molecule has 0 spiro atoms. The number of hydrogen-bond acceptors (Lipinski definition) is 9. The van der Waals surface area contributed by atoms with E-state index >= 15 is 0 Å². The summed E-state index contributed by atoms with van der Waals surface area (Å²) in [5.74, 6) is 0.883. The van der Waals surface area contributed by atoms with Crippen LogP contribution < -0.4 is 16.9 Å². The number of rotatable bonds is 5. The molecule has 2 aromatic rings. The second kappa shape index (κ2) is 7.88. The maximum absolute atomic E-state index is 14.8. The van der Waals surface area contributed by atoms with Gasteiger partial charge >= 0.3 is 0 Å². The van der Waals surface area contributed by atoms with Gasteiger partial charge in [-0.3, -0.25) is 4.90 Å². The number of hydrazine groups is 1. The highest BCUT2D eigenvalue weighted by atomic mass is 35.5. The molecule has 168 valence electrons. The lowest BCUT2D eigenvalue weighted by Gasteiger charge is -2.33.